The number of nitrogens with one attached hydrogen (secondary N) is 1. The van der Waals surface area contributed by atoms with E-state index in [1.807, 2.05) is 30.3 Å². The Balaban J connectivity index is 1.73. The fraction of sp³-hybridized carbons (Fsp3) is 0.188. The van der Waals surface area contributed by atoms with Crippen molar-refractivity contribution in [1.82, 2.24) is 5.32 Å². The van der Waals surface area contributed by atoms with Crippen LogP contribution in [0, 0.1) is 0 Å². The van der Waals surface area contributed by atoms with Crippen LogP contribution in [-0.4, -0.2) is 29.3 Å². The van der Waals surface area contributed by atoms with Crippen molar-refractivity contribution in [2.75, 3.05) is 13.2 Å². The lowest BCUT2D eigenvalue weighted by molar-refractivity contribution is 0.0948. The van der Waals surface area contributed by atoms with Gasteiger partial charge in [0.1, 0.15) is 5.75 Å². The first-order valence-corrected chi connectivity index (χ1v) is 6.65. The second-order valence-electron chi connectivity index (χ2n) is 4.44. The van der Waals surface area contributed by atoms with Gasteiger partial charge in [-0.2, -0.15) is 0 Å². The lowest BCUT2D eigenvalue weighted by Gasteiger charge is -2.08. The molecule has 2 aromatic carbocycles. The number of amides is 1. The van der Waals surface area contributed by atoms with E-state index >= 15 is 0 Å². The summed E-state index contributed by atoms with van der Waals surface area (Å²) in [5, 5.41) is 21.6. The summed E-state index contributed by atoms with van der Waals surface area (Å²) in [7, 11) is 0. The van der Waals surface area contributed by atoms with Crippen LogP contribution in [0.15, 0.2) is 48.5 Å². The molecule has 21 heavy (non-hydrogen) atoms. The first-order valence-electron chi connectivity index (χ1n) is 6.65. The largest absolute Gasteiger partial charge is 0.504 e. The maximum atomic E-state index is 11.8. The fourth-order valence-electron chi connectivity index (χ4n) is 1.79. The number of carbonyl (C=O) groups excluding carboxylic acids is 1. The highest BCUT2D eigenvalue weighted by molar-refractivity contribution is 5.97. The number of carbonyl (C=O) groups is 1. The molecule has 0 unspecified atom stereocenters. The lowest BCUT2D eigenvalue weighted by Crippen LogP contribution is -2.25. The maximum absolute atomic E-state index is 11.8. The van der Waals surface area contributed by atoms with Crippen molar-refractivity contribution < 1.29 is 19.7 Å². The molecular formula is C16H17NO4. The molecule has 0 saturated heterocycles. The van der Waals surface area contributed by atoms with Crippen LogP contribution in [-0.2, 0) is 0 Å². The van der Waals surface area contributed by atoms with Crippen LogP contribution in [0.3, 0.4) is 0 Å². The summed E-state index contributed by atoms with van der Waals surface area (Å²) in [4.78, 5) is 11.8. The summed E-state index contributed by atoms with van der Waals surface area (Å²) >= 11 is 0. The third-order valence-corrected chi connectivity index (χ3v) is 2.88. The second kappa shape index (κ2) is 7.19. The van der Waals surface area contributed by atoms with Crippen LogP contribution in [0.5, 0.6) is 17.2 Å². The summed E-state index contributed by atoms with van der Waals surface area (Å²) in [5.74, 6) is -0.358. The van der Waals surface area contributed by atoms with E-state index in [1.165, 1.54) is 18.2 Å². The Morgan fingerprint density at radius 2 is 1.81 bits per heavy atom. The van der Waals surface area contributed by atoms with Crippen LogP contribution in [0.4, 0.5) is 0 Å². The Bertz CT molecular complexity index is 598. The van der Waals surface area contributed by atoms with Crippen molar-refractivity contribution in [1.29, 1.82) is 0 Å². The van der Waals surface area contributed by atoms with Gasteiger partial charge >= 0.3 is 0 Å². The Morgan fingerprint density at radius 3 is 2.57 bits per heavy atom. The average molecular weight is 287 g/mol. The number of para-hydroxylation sites is 2. The van der Waals surface area contributed by atoms with Gasteiger partial charge in [-0.3, -0.25) is 4.79 Å². The molecule has 1 amide bonds. The molecule has 110 valence electrons. The minimum atomic E-state index is -0.428. The van der Waals surface area contributed by atoms with E-state index in [0.29, 0.717) is 19.6 Å². The molecule has 0 aromatic heterocycles. The zero-order chi connectivity index (χ0) is 15.1. The summed E-state index contributed by atoms with van der Waals surface area (Å²) in [6.07, 6.45) is 0.639. The average Bonchev–Trinajstić information content (AvgIpc) is 2.50. The minimum Gasteiger partial charge on any atom is -0.504 e. The van der Waals surface area contributed by atoms with E-state index in [0.717, 1.165) is 5.75 Å². The third-order valence-electron chi connectivity index (χ3n) is 2.88. The van der Waals surface area contributed by atoms with Gasteiger partial charge in [-0.25, -0.2) is 0 Å². The normalized spacial score (nSPS) is 10.1. The molecule has 0 spiro atoms. The minimum absolute atomic E-state index is 0.0546. The third kappa shape index (κ3) is 4.14. The van der Waals surface area contributed by atoms with Crippen molar-refractivity contribution in [2.45, 2.75) is 6.42 Å². The second-order valence-corrected chi connectivity index (χ2v) is 4.44. The molecule has 0 aliphatic rings. The van der Waals surface area contributed by atoms with Gasteiger partial charge in [-0.1, -0.05) is 24.3 Å². The van der Waals surface area contributed by atoms with Crippen molar-refractivity contribution >= 4 is 5.91 Å². The maximum Gasteiger partial charge on any atom is 0.255 e. The molecule has 0 atom stereocenters. The van der Waals surface area contributed by atoms with Crippen LogP contribution >= 0.6 is 0 Å². The highest BCUT2D eigenvalue weighted by Gasteiger charge is 2.12. The van der Waals surface area contributed by atoms with Crippen molar-refractivity contribution in [3.63, 3.8) is 0 Å². The molecule has 0 fully saturated rings. The lowest BCUT2D eigenvalue weighted by atomic mass is 10.1. The first-order chi connectivity index (χ1) is 10.2. The molecule has 0 aliphatic heterocycles. The highest BCUT2D eigenvalue weighted by atomic mass is 16.5. The van der Waals surface area contributed by atoms with Gasteiger partial charge < -0.3 is 20.3 Å². The van der Waals surface area contributed by atoms with Crippen molar-refractivity contribution in [3.05, 3.63) is 54.1 Å². The van der Waals surface area contributed by atoms with E-state index in [1.54, 1.807) is 0 Å². The van der Waals surface area contributed by atoms with Gasteiger partial charge in [0.25, 0.3) is 5.91 Å². The standard InChI is InChI=1S/C16H17NO4/c18-14-9-4-8-13(15(14)19)16(20)17-10-5-11-21-12-6-2-1-3-7-12/h1-4,6-9,18-19H,5,10-11H2,(H,17,20). The fourth-order valence-corrected chi connectivity index (χ4v) is 1.79. The predicted octanol–water partition coefficient (Wildman–Crippen LogP) is 2.30. The topological polar surface area (TPSA) is 78.8 Å². The summed E-state index contributed by atoms with van der Waals surface area (Å²) in [5.41, 5.74) is 0.0546. The van der Waals surface area contributed by atoms with Crippen molar-refractivity contribution in [3.8, 4) is 17.2 Å². The molecule has 3 N–H and O–H groups in total. The number of ether oxygens (including phenoxy) is 1. The molecule has 5 nitrogen and oxygen atoms in total. The smallest absolute Gasteiger partial charge is 0.255 e. The van der Waals surface area contributed by atoms with Gasteiger partial charge in [-0.15, -0.1) is 0 Å². The zero-order valence-corrected chi connectivity index (χ0v) is 11.5. The summed E-state index contributed by atoms with van der Waals surface area (Å²) in [6.45, 7) is 0.900. The SMILES string of the molecule is O=C(NCCCOc1ccccc1)c1cccc(O)c1O. The quantitative estimate of drug-likeness (QED) is 0.562. The van der Waals surface area contributed by atoms with Crippen LogP contribution in [0.2, 0.25) is 0 Å². The molecule has 5 heteroatoms. The molecule has 2 rings (SSSR count). The Hall–Kier alpha value is -2.69. The van der Waals surface area contributed by atoms with Crippen LogP contribution in [0.25, 0.3) is 0 Å². The van der Waals surface area contributed by atoms with Gasteiger partial charge in [-0.05, 0) is 30.7 Å². The number of hydrogen-bond donors (Lipinski definition) is 3. The molecule has 0 bridgehead atoms. The van der Waals surface area contributed by atoms with E-state index in [9.17, 15) is 15.0 Å². The number of rotatable bonds is 6. The van der Waals surface area contributed by atoms with Gasteiger partial charge in [0.15, 0.2) is 11.5 Å². The van der Waals surface area contributed by atoms with E-state index in [4.69, 9.17) is 4.74 Å². The number of phenols is 2. The van der Waals surface area contributed by atoms with Gasteiger partial charge in [0, 0.05) is 6.54 Å². The van der Waals surface area contributed by atoms with Crippen molar-refractivity contribution in [2.24, 2.45) is 0 Å². The highest BCUT2D eigenvalue weighted by Crippen LogP contribution is 2.27. The van der Waals surface area contributed by atoms with Gasteiger partial charge in [0.05, 0.1) is 12.2 Å². The van der Waals surface area contributed by atoms with Crippen LogP contribution < -0.4 is 10.1 Å². The van der Waals surface area contributed by atoms with E-state index in [2.05, 4.69) is 5.32 Å². The summed E-state index contributed by atoms with van der Waals surface area (Å²) < 4.78 is 5.50. The Morgan fingerprint density at radius 1 is 1.05 bits per heavy atom. The Kier molecular flexibility index (Phi) is 5.04. The molecule has 0 heterocycles. The van der Waals surface area contributed by atoms with E-state index < -0.39 is 11.7 Å². The monoisotopic (exact) mass is 287 g/mol. The zero-order valence-electron chi connectivity index (χ0n) is 11.5. The number of aromatic hydroxyl groups is 2. The first kappa shape index (κ1) is 14.7. The molecule has 2 aromatic rings. The van der Waals surface area contributed by atoms with Gasteiger partial charge in [0.2, 0.25) is 0 Å². The molecular weight excluding hydrogens is 270 g/mol. The van der Waals surface area contributed by atoms with E-state index in [-0.39, 0.29) is 11.3 Å². The predicted molar refractivity (Wildman–Crippen MR) is 78.7 cm³/mol. The molecule has 0 saturated carbocycles. The number of phenolic OH excluding ortho intramolecular Hbond substituents is 2. The molecule has 0 radical (unpaired) electrons. The Labute approximate surface area is 122 Å². The van der Waals surface area contributed by atoms with Crippen LogP contribution in [0.1, 0.15) is 16.8 Å². The molecule has 0 aliphatic carbocycles. The summed E-state index contributed by atoms with van der Waals surface area (Å²) in [6, 6.07) is 13.7. The number of hydrogen-bond acceptors (Lipinski definition) is 4. The number of benzene rings is 2.